The molecule has 0 aliphatic rings. The number of nitro benzene ring substituents is 1. The van der Waals surface area contributed by atoms with Crippen molar-refractivity contribution in [3.63, 3.8) is 0 Å². The summed E-state index contributed by atoms with van der Waals surface area (Å²) in [5.74, 6) is 0.398. The first-order valence-electron chi connectivity index (χ1n) is 8.58. The molecule has 0 unspecified atom stereocenters. The molecular formula is C21H17ClN2O5. The Kier molecular flexibility index (Phi) is 6.31. The maximum atomic E-state index is 12.9. The van der Waals surface area contributed by atoms with Crippen LogP contribution in [0.2, 0.25) is 5.02 Å². The Labute approximate surface area is 172 Å². The van der Waals surface area contributed by atoms with Gasteiger partial charge in [-0.05, 0) is 30.3 Å². The maximum absolute atomic E-state index is 12.9. The van der Waals surface area contributed by atoms with Crippen LogP contribution >= 0.6 is 11.6 Å². The van der Waals surface area contributed by atoms with Crippen LogP contribution in [-0.2, 0) is 4.79 Å². The van der Waals surface area contributed by atoms with Crippen molar-refractivity contribution in [3.05, 3.63) is 93.5 Å². The van der Waals surface area contributed by atoms with Gasteiger partial charge in [0.2, 0.25) is 6.10 Å². The average molecular weight is 413 g/mol. The molecule has 3 rings (SSSR count). The van der Waals surface area contributed by atoms with Crippen LogP contribution in [0.3, 0.4) is 0 Å². The molecule has 148 valence electrons. The zero-order chi connectivity index (χ0) is 20.8. The third-order valence-corrected chi connectivity index (χ3v) is 4.36. The van der Waals surface area contributed by atoms with Crippen LogP contribution in [0.25, 0.3) is 0 Å². The fourth-order valence-electron chi connectivity index (χ4n) is 2.64. The van der Waals surface area contributed by atoms with Gasteiger partial charge in [-0.25, -0.2) is 0 Å². The Morgan fingerprint density at radius 1 is 1.07 bits per heavy atom. The molecule has 0 spiro atoms. The maximum Gasteiger partial charge on any atom is 0.270 e. The quantitative estimate of drug-likeness (QED) is 0.434. The van der Waals surface area contributed by atoms with Gasteiger partial charge in [0, 0.05) is 23.4 Å². The summed E-state index contributed by atoms with van der Waals surface area (Å²) < 4.78 is 11.0. The number of rotatable bonds is 7. The Bertz CT molecular complexity index is 1010. The number of amides is 1. The van der Waals surface area contributed by atoms with E-state index in [0.29, 0.717) is 27.8 Å². The van der Waals surface area contributed by atoms with Gasteiger partial charge in [0.15, 0.2) is 0 Å². The molecule has 0 aliphatic heterocycles. The van der Waals surface area contributed by atoms with Gasteiger partial charge in [-0.1, -0.05) is 41.9 Å². The largest absolute Gasteiger partial charge is 0.495 e. The zero-order valence-electron chi connectivity index (χ0n) is 15.4. The van der Waals surface area contributed by atoms with Crippen molar-refractivity contribution >= 4 is 28.9 Å². The fourth-order valence-corrected chi connectivity index (χ4v) is 2.89. The molecule has 0 aliphatic carbocycles. The van der Waals surface area contributed by atoms with Crippen LogP contribution in [0.1, 0.15) is 11.7 Å². The molecule has 1 amide bonds. The Balaban J connectivity index is 1.84. The molecule has 0 saturated heterocycles. The molecule has 0 fully saturated rings. The summed E-state index contributed by atoms with van der Waals surface area (Å²) in [6.07, 6.45) is -0.974. The highest BCUT2D eigenvalue weighted by Crippen LogP contribution is 2.29. The van der Waals surface area contributed by atoms with E-state index in [2.05, 4.69) is 5.32 Å². The summed E-state index contributed by atoms with van der Waals surface area (Å²) in [6.45, 7) is 0. The first-order chi connectivity index (χ1) is 14.0. The topological polar surface area (TPSA) is 90.7 Å². The van der Waals surface area contributed by atoms with Crippen LogP contribution in [0.5, 0.6) is 11.5 Å². The monoisotopic (exact) mass is 412 g/mol. The number of ether oxygens (including phenoxy) is 2. The van der Waals surface area contributed by atoms with Crippen LogP contribution < -0.4 is 14.8 Å². The Hall–Kier alpha value is -3.58. The van der Waals surface area contributed by atoms with E-state index in [-0.39, 0.29) is 5.69 Å². The molecule has 8 heteroatoms. The fraction of sp³-hybridized carbons (Fsp3) is 0.0952. The summed E-state index contributed by atoms with van der Waals surface area (Å²) >= 11 is 6.12. The highest BCUT2D eigenvalue weighted by molar-refractivity contribution is 6.32. The van der Waals surface area contributed by atoms with E-state index >= 15 is 0 Å². The molecule has 3 aromatic carbocycles. The van der Waals surface area contributed by atoms with Gasteiger partial charge in [-0.3, -0.25) is 14.9 Å². The van der Waals surface area contributed by atoms with Gasteiger partial charge in [-0.15, -0.1) is 0 Å². The first kappa shape index (κ1) is 20.2. The van der Waals surface area contributed by atoms with Crippen molar-refractivity contribution in [1.82, 2.24) is 0 Å². The van der Waals surface area contributed by atoms with Crippen LogP contribution in [0.4, 0.5) is 11.4 Å². The number of non-ortho nitro benzene ring substituents is 1. The van der Waals surface area contributed by atoms with Crippen molar-refractivity contribution in [2.45, 2.75) is 6.10 Å². The van der Waals surface area contributed by atoms with Crippen molar-refractivity contribution in [2.24, 2.45) is 0 Å². The second-order valence-corrected chi connectivity index (χ2v) is 6.41. The van der Waals surface area contributed by atoms with E-state index in [9.17, 15) is 14.9 Å². The summed E-state index contributed by atoms with van der Waals surface area (Å²) in [5.41, 5.74) is 1.04. The van der Waals surface area contributed by atoms with Crippen molar-refractivity contribution in [2.75, 3.05) is 12.4 Å². The van der Waals surface area contributed by atoms with Crippen molar-refractivity contribution in [1.29, 1.82) is 0 Å². The third-order valence-electron chi connectivity index (χ3n) is 4.06. The van der Waals surface area contributed by atoms with Gasteiger partial charge < -0.3 is 14.8 Å². The number of anilines is 1. The Morgan fingerprint density at radius 2 is 1.76 bits per heavy atom. The molecule has 0 saturated carbocycles. The van der Waals surface area contributed by atoms with E-state index in [4.69, 9.17) is 21.1 Å². The number of nitrogens with one attached hydrogen (secondary N) is 1. The SMILES string of the molecule is COc1ccc(NC(=O)[C@H](Oc2ccc([N+](=O)[O-])cc2)c2ccccc2)cc1Cl. The zero-order valence-corrected chi connectivity index (χ0v) is 16.1. The predicted octanol–water partition coefficient (Wildman–Crippen LogP) is 5.02. The van der Waals surface area contributed by atoms with E-state index < -0.39 is 16.9 Å². The lowest BCUT2D eigenvalue weighted by Crippen LogP contribution is -2.25. The van der Waals surface area contributed by atoms with Crippen molar-refractivity contribution < 1.29 is 19.2 Å². The van der Waals surface area contributed by atoms with Gasteiger partial charge >= 0.3 is 0 Å². The average Bonchev–Trinajstić information content (AvgIpc) is 2.73. The smallest absolute Gasteiger partial charge is 0.270 e. The number of hydrogen-bond donors (Lipinski definition) is 1. The minimum atomic E-state index is -0.974. The molecule has 0 heterocycles. The molecule has 1 N–H and O–H groups in total. The number of benzene rings is 3. The van der Waals surface area contributed by atoms with Crippen LogP contribution in [-0.4, -0.2) is 17.9 Å². The van der Waals surface area contributed by atoms with E-state index in [1.54, 1.807) is 42.5 Å². The van der Waals surface area contributed by atoms with Gasteiger partial charge in [0.1, 0.15) is 11.5 Å². The lowest BCUT2D eigenvalue weighted by molar-refractivity contribution is -0.384. The Morgan fingerprint density at radius 3 is 2.34 bits per heavy atom. The third kappa shape index (κ3) is 5.03. The number of carbonyl (C=O) groups is 1. The molecule has 0 radical (unpaired) electrons. The summed E-state index contributed by atoms with van der Waals surface area (Å²) in [5, 5.41) is 14.0. The molecule has 1 atom stereocenters. The minimum Gasteiger partial charge on any atom is -0.495 e. The lowest BCUT2D eigenvalue weighted by Gasteiger charge is -2.19. The number of halogens is 1. The van der Waals surface area contributed by atoms with Gasteiger partial charge in [0.25, 0.3) is 11.6 Å². The molecule has 0 aromatic heterocycles. The standard InChI is InChI=1S/C21H17ClN2O5/c1-28-19-12-7-15(13-18(19)22)23-21(25)20(14-5-3-2-4-6-14)29-17-10-8-16(9-11-17)24(26)27/h2-13,20H,1H3,(H,23,25)/t20-/m1/s1. The summed E-state index contributed by atoms with van der Waals surface area (Å²) in [6, 6.07) is 19.3. The second kappa shape index (κ2) is 9.07. The normalized spacial score (nSPS) is 11.4. The van der Waals surface area contributed by atoms with E-state index in [0.717, 1.165) is 0 Å². The molecule has 29 heavy (non-hydrogen) atoms. The lowest BCUT2D eigenvalue weighted by atomic mass is 10.1. The number of nitrogens with zero attached hydrogens (tertiary/aromatic N) is 1. The van der Waals surface area contributed by atoms with E-state index in [1.165, 1.54) is 31.4 Å². The van der Waals surface area contributed by atoms with Gasteiger partial charge in [0.05, 0.1) is 17.1 Å². The minimum absolute atomic E-state index is 0.0639. The van der Waals surface area contributed by atoms with Crippen LogP contribution in [0, 0.1) is 10.1 Å². The van der Waals surface area contributed by atoms with Gasteiger partial charge in [-0.2, -0.15) is 0 Å². The summed E-state index contributed by atoms with van der Waals surface area (Å²) in [4.78, 5) is 23.3. The predicted molar refractivity (Wildman–Crippen MR) is 110 cm³/mol. The van der Waals surface area contributed by atoms with Crippen molar-refractivity contribution in [3.8, 4) is 11.5 Å². The second-order valence-electron chi connectivity index (χ2n) is 6.00. The van der Waals surface area contributed by atoms with E-state index in [1.807, 2.05) is 6.07 Å². The first-order valence-corrected chi connectivity index (χ1v) is 8.96. The highest BCUT2D eigenvalue weighted by atomic mass is 35.5. The summed E-state index contributed by atoms with van der Waals surface area (Å²) in [7, 11) is 1.50. The van der Waals surface area contributed by atoms with Crippen LogP contribution in [0.15, 0.2) is 72.8 Å². The number of nitro groups is 1. The number of hydrogen-bond acceptors (Lipinski definition) is 5. The molecule has 3 aromatic rings. The molecule has 7 nitrogen and oxygen atoms in total. The number of methoxy groups -OCH3 is 1. The molecular weight excluding hydrogens is 396 g/mol. The number of carbonyl (C=O) groups excluding carboxylic acids is 1. The highest BCUT2D eigenvalue weighted by Gasteiger charge is 2.23. The molecule has 0 bridgehead atoms.